The highest BCUT2D eigenvalue weighted by Crippen LogP contribution is 2.18. The number of carbonyl (C=O) groups is 1. The van der Waals surface area contributed by atoms with E-state index in [4.69, 9.17) is 5.26 Å². The van der Waals surface area contributed by atoms with Gasteiger partial charge in [-0.15, -0.1) is 0 Å². The number of benzene rings is 2. The van der Waals surface area contributed by atoms with E-state index in [2.05, 4.69) is 21.7 Å². The number of anilines is 3. The molecule has 0 aliphatic rings. The molecule has 0 bridgehead atoms. The average Bonchev–Trinajstić information content (AvgIpc) is 2.64. The lowest BCUT2D eigenvalue weighted by Crippen LogP contribution is -2.13. The number of nitriles is 1. The predicted octanol–water partition coefficient (Wildman–Crippen LogP) is 4.26. The standard InChI is InChI=1S/C20H16N4O/c1-14-5-2-3-8-18(14)20(25)24-17-9-10-19(22-13-17)23-16-7-4-6-15(11-16)12-21/h2-11,13H,1H3,(H,22,23)(H,24,25). The minimum Gasteiger partial charge on any atom is -0.340 e. The van der Waals surface area contributed by atoms with Crippen LogP contribution in [0.25, 0.3) is 0 Å². The summed E-state index contributed by atoms with van der Waals surface area (Å²) in [6.45, 7) is 1.90. The van der Waals surface area contributed by atoms with Crippen molar-refractivity contribution in [2.75, 3.05) is 10.6 Å². The Bertz CT molecular complexity index is 942. The van der Waals surface area contributed by atoms with E-state index in [9.17, 15) is 4.79 Å². The highest BCUT2D eigenvalue weighted by molar-refractivity contribution is 6.05. The van der Waals surface area contributed by atoms with Crippen LogP contribution in [-0.2, 0) is 0 Å². The van der Waals surface area contributed by atoms with Crippen LogP contribution in [0.3, 0.4) is 0 Å². The van der Waals surface area contributed by atoms with Crippen LogP contribution in [0, 0.1) is 18.3 Å². The van der Waals surface area contributed by atoms with Crippen LogP contribution in [0.15, 0.2) is 66.9 Å². The third-order valence-electron chi connectivity index (χ3n) is 3.68. The van der Waals surface area contributed by atoms with Gasteiger partial charge in [-0.3, -0.25) is 4.79 Å². The zero-order valence-corrected chi connectivity index (χ0v) is 13.7. The minimum atomic E-state index is -0.165. The van der Waals surface area contributed by atoms with Crippen LogP contribution in [-0.4, -0.2) is 10.9 Å². The molecule has 0 unspecified atom stereocenters. The van der Waals surface area contributed by atoms with Gasteiger partial charge in [-0.1, -0.05) is 24.3 Å². The molecule has 0 aliphatic carbocycles. The smallest absolute Gasteiger partial charge is 0.255 e. The topological polar surface area (TPSA) is 77.8 Å². The van der Waals surface area contributed by atoms with Crippen molar-refractivity contribution in [3.05, 3.63) is 83.6 Å². The lowest BCUT2D eigenvalue weighted by Gasteiger charge is -2.09. The van der Waals surface area contributed by atoms with Crippen LogP contribution >= 0.6 is 0 Å². The van der Waals surface area contributed by atoms with E-state index in [0.717, 1.165) is 11.3 Å². The number of amides is 1. The van der Waals surface area contributed by atoms with Crippen LogP contribution < -0.4 is 10.6 Å². The largest absolute Gasteiger partial charge is 0.340 e. The molecule has 0 spiro atoms. The molecule has 25 heavy (non-hydrogen) atoms. The molecule has 1 amide bonds. The Kier molecular flexibility index (Phi) is 4.72. The molecule has 3 rings (SSSR count). The molecule has 3 aromatic rings. The van der Waals surface area contributed by atoms with Crippen molar-refractivity contribution in [3.8, 4) is 6.07 Å². The van der Waals surface area contributed by atoms with Gasteiger partial charge in [-0.2, -0.15) is 5.26 Å². The van der Waals surface area contributed by atoms with Gasteiger partial charge in [0.15, 0.2) is 0 Å². The van der Waals surface area contributed by atoms with E-state index in [-0.39, 0.29) is 5.91 Å². The molecule has 0 atom stereocenters. The first-order valence-corrected chi connectivity index (χ1v) is 7.76. The number of nitrogens with zero attached hydrogens (tertiary/aromatic N) is 2. The average molecular weight is 328 g/mol. The van der Waals surface area contributed by atoms with Gasteiger partial charge in [0, 0.05) is 11.3 Å². The second-order valence-corrected chi connectivity index (χ2v) is 5.52. The fourth-order valence-electron chi connectivity index (χ4n) is 2.38. The van der Waals surface area contributed by atoms with Gasteiger partial charge in [-0.05, 0) is 48.9 Å². The molecular weight excluding hydrogens is 312 g/mol. The first kappa shape index (κ1) is 16.2. The summed E-state index contributed by atoms with van der Waals surface area (Å²) >= 11 is 0. The van der Waals surface area contributed by atoms with E-state index in [1.54, 1.807) is 42.6 Å². The molecule has 2 N–H and O–H groups in total. The van der Waals surface area contributed by atoms with E-state index in [0.29, 0.717) is 22.6 Å². The highest BCUT2D eigenvalue weighted by atomic mass is 16.1. The van der Waals surface area contributed by atoms with Crippen LogP contribution in [0.1, 0.15) is 21.5 Å². The molecule has 0 saturated carbocycles. The zero-order valence-electron chi connectivity index (χ0n) is 13.7. The molecule has 0 radical (unpaired) electrons. The summed E-state index contributed by atoms with van der Waals surface area (Å²) in [5, 5.41) is 14.9. The van der Waals surface area contributed by atoms with Crippen molar-refractivity contribution in [3.63, 3.8) is 0 Å². The van der Waals surface area contributed by atoms with Crippen molar-refractivity contribution in [2.45, 2.75) is 6.92 Å². The van der Waals surface area contributed by atoms with Crippen LogP contribution in [0.5, 0.6) is 0 Å². The monoisotopic (exact) mass is 328 g/mol. The third kappa shape index (κ3) is 4.01. The SMILES string of the molecule is Cc1ccccc1C(=O)Nc1ccc(Nc2cccc(C#N)c2)nc1. The molecule has 122 valence electrons. The summed E-state index contributed by atoms with van der Waals surface area (Å²) in [5.74, 6) is 0.464. The molecule has 0 aliphatic heterocycles. The molecule has 1 aromatic heterocycles. The molecule has 2 aromatic carbocycles. The number of aryl methyl sites for hydroxylation is 1. The predicted molar refractivity (Wildman–Crippen MR) is 97.8 cm³/mol. The van der Waals surface area contributed by atoms with E-state index in [1.807, 2.05) is 31.2 Å². The van der Waals surface area contributed by atoms with Gasteiger partial charge in [0.25, 0.3) is 5.91 Å². The van der Waals surface area contributed by atoms with Gasteiger partial charge in [-0.25, -0.2) is 4.98 Å². The lowest BCUT2D eigenvalue weighted by molar-refractivity contribution is 0.102. The number of carbonyl (C=O) groups excluding carboxylic acids is 1. The highest BCUT2D eigenvalue weighted by Gasteiger charge is 2.08. The van der Waals surface area contributed by atoms with E-state index < -0.39 is 0 Å². The normalized spacial score (nSPS) is 9.92. The maximum Gasteiger partial charge on any atom is 0.255 e. The van der Waals surface area contributed by atoms with Crippen molar-refractivity contribution in [1.82, 2.24) is 4.98 Å². The van der Waals surface area contributed by atoms with E-state index in [1.165, 1.54) is 0 Å². The molecule has 5 heteroatoms. The molecule has 5 nitrogen and oxygen atoms in total. The molecule has 0 saturated heterocycles. The van der Waals surface area contributed by atoms with Gasteiger partial charge >= 0.3 is 0 Å². The number of aromatic nitrogens is 1. The van der Waals surface area contributed by atoms with Crippen LogP contribution in [0.4, 0.5) is 17.2 Å². The summed E-state index contributed by atoms with van der Waals surface area (Å²) in [6, 6.07) is 20.2. The first-order valence-electron chi connectivity index (χ1n) is 7.76. The summed E-state index contributed by atoms with van der Waals surface area (Å²) in [6.07, 6.45) is 1.59. The molecular formula is C20H16N4O. The van der Waals surface area contributed by atoms with E-state index >= 15 is 0 Å². The van der Waals surface area contributed by atoms with Crippen molar-refractivity contribution in [1.29, 1.82) is 5.26 Å². The third-order valence-corrected chi connectivity index (χ3v) is 3.68. The Labute approximate surface area is 146 Å². The maximum absolute atomic E-state index is 12.3. The second-order valence-electron chi connectivity index (χ2n) is 5.52. The van der Waals surface area contributed by atoms with Gasteiger partial charge < -0.3 is 10.6 Å². The second kappa shape index (κ2) is 7.28. The number of pyridine rings is 1. The fourth-order valence-corrected chi connectivity index (χ4v) is 2.38. The Hall–Kier alpha value is -3.65. The minimum absolute atomic E-state index is 0.165. The Morgan fingerprint density at radius 2 is 1.88 bits per heavy atom. The first-order chi connectivity index (χ1) is 12.2. The Morgan fingerprint density at radius 3 is 2.60 bits per heavy atom. The Balaban J connectivity index is 1.69. The number of hydrogen-bond donors (Lipinski definition) is 2. The quantitative estimate of drug-likeness (QED) is 0.750. The maximum atomic E-state index is 12.3. The van der Waals surface area contributed by atoms with Crippen molar-refractivity contribution < 1.29 is 4.79 Å². The summed E-state index contributed by atoms with van der Waals surface area (Å²) < 4.78 is 0. The zero-order chi connectivity index (χ0) is 17.6. The lowest BCUT2D eigenvalue weighted by atomic mass is 10.1. The summed E-state index contributed by atoms with van der Waals surface area (Å²) in [4.78, 5) is 16.6. The van der Waals surface area contributed by atoms with Crippen LogP contribution in [0.2, 0.25) is 0 Å². The van der Waals surface area contributed by atoms with Crippen molar-refractivity contribution in [2.24, 2.45) is 0 Å². The fraction of sp³-hybridized carbons (Fsp3) is 0.0500. The number of nitrogens with one attached hydrogen (secondary N) is 2. The number of rotatable bonds is 4. The van der Waals surface area contributed by atoms with Crippen molar-refractivity contribution >= 4 is 23.1 Å². The van der Waals surface area contributed by atoms with Gasteiger partial charge in [0.05, 0.1) is 23.5 Å². The molecule has 0 fully saturated rings. The Morgan fingerprint density at radius 1 is 1.04 bits per heavy atom. The number of hydrogen-bond acceptors (Lipinski definition) is 4. The summed E-state index contributed by atoms with van der Waals surface area (Å²) in [5.41, 5.74) is 3.53. The van der Waals surface area contributed by atoms with Gasteiger partial charge in [0.1, 0.15) is 5.82 Å². The summed E-state index contributed by atoms with van der Waals surface area (Å²) in [7, 11) is 0. The van der Waals surface area contributed by atoms with Gasteiger partial charge in [0.2, 0.25) is 0 Å². The molecule has 1 heterocycles.